The van der Waals surface area contributed by atoms with Gasteiger partial charge in [0.2, 0.25) is 5.91 Å². The molecule has 0 saturated carbocycles. The minimum absolute atomic E-state index is 0.00339. The molecule has 1 heterocycles. The van der Waals surface area contributed by atoms with Gasteiger partial charge in [0.15, 0.2) is 0 Å². The van der Waals surface area contributed by atoms with Crippen LogP contribution in [0.1, 0.15) is 38.1 Å². The lowest BCUT2D eigenvalue weighted by Crippen LogP contribution is -2.38. The molecule has 1 amide bonds. The van der Waals surface area contributed by atoms with Crippen LogP contribution in [0.4, 0.5) is 0 Å². The number of nitrogens with zero attached hydrogens (tertiary/aromatic N) is 2. The molecule has 2 atom stereocenters. The first-order valence-corrected chi connectivity index (χ1v) is 7.92. The van der Waals surface area contributed by atoms with Gasteiger partial charge in [-0.25, -0.2) is 0 Å². The second-order valence-corrected chi connectivity index (χ2v) is 5.76. The summed E-state index contributed by atoms with van der Waals surface area (Å²) in [5.41, 5.74) is 2.41. The standard InChI is InChI=1S/C17H27N3O/c1-5-19(6-2)11-12-20-16(18-14(4)17(20)21)15-9-7-13(3)8-10-15/h7-10,14,16,18H,5-6,11-12H2,1-4H3. The van der Waals surface area contributed by atoms with Crippen molar-refractivity contribution in [2.24, 2.45) is 0 Å². The fraction of sp³-hybridized carbons (Fsp3) is 0.588. The summed E-state index contributed by atoms with van der Waals surface area (Å²) in [7, 11) is 0. The molecule has 1 fully saturated rings. The number of carbonyl (C=O) groups is 1. The van der Waals surface area contributed by atoms with Gasteiger partial charge in [-0.15, -0.1) is 0 Å². The van der Waals surface area contributed by atoms with Crippen LogP contribution in [-0.2, 0) is 4.79 Å². The summed E-state index contributed by atoms with van der Waals surface area (Å²) in [4.78, 5) is 16.7. The molecule has 1 aromatic carbocycles. The van der Waals surface area contributed by atoms with Crippen molar-refractivity contribution < 1.29 is 4.79 Å². The van der Waals surface area contributed by atoms with Crippen LogP contribution in [-0.4, -0.2) is 47.9 Å². The first-order valence-electron chi connectivity index (χ1n) is 7.92. The zero-order valence-corrected chi connectivity index (χ0v) is 13.6. The number of carbonyl (C=O) groups excluding carboxylic acids is 1. The smallest absolute Gasteiger partial charge is 0.241 e. The van der Waals surface area contributed by atoms with Gasteiger partial charge in [0, 0.05) is 13.1 Å². The van der Waals surface area contributed by atoms with E-state index >= 15 is 0 Å². The van der Waals surface area contributed by atoms with E-state index in [1.54, 1.807) is 0 Å². The SMILES string of the molecule is CCN(CC)CCN1C(=O)C(C)NC1c1ccc(C)cc1. The van der Waals surface area contributed by atoms with Crippen LogP contribution in [0, 0.1) is 6.92 Å². The van der Waals surface area contributed by atoms with Crippen molar-refractivity contribution in [1.82, 2.24) is 15.1 Å². The van der Waals surface area contributed by atoms with Crippen LogP contribution in [0.2, 0.25) is 0 Å². The third-order valence-electron chi connectivity index (χ3n) is 4.32. The molecule has 0 radical (unpaired) electrons. The Morgan fingerprint density at radius 1 is 1.19 bits per heavy atom. The van der Waals surface area contributed by atoms with Crippen molar-refractivity contribution >= 4 is 5.91 Å². The maximum Gasteiger partial charge on any atom is 0.241 e. The molecule has 116 valence electrons. The fourth-order valence-electron chi connectivity index (χ4n) is 2.83. The Morgan fingerprint density at radius 2 is 1.81 bits per heavy atom. The van der Waals surface area contributed by atoms with Crippen LogP contribution in [0.15, 0.2) is 24.3 Å². The van der Waals surface area contributed by atoms with Crippen LogP contribution in [0.5, 0.6) is 0 Å². The van der Waals surface area contributed by atoms with E-state index in [1.807, 2.05) is 11.8 Å². The van der Waals surface area contributed by atoms with Gasteiger partial charge < -0.3 is 9.80 Å². The first kappa shape index (κ1) is 16.0. The number of amides is 1. The van der Waals surface area contributed by atoms with Crippen LogP contribution < -0.4 is 5.32 Å². The zero-order chi connectivity index (χ0) is 15.4. The highest BCUT2D eigenvalue weighted by atomic mass is 16.2. The molecule has 1 aromatic rings. The van der Waals surface area contributed by atoms with E-state index in [1.165, 1.54) is 5.56 Å². The second kappa shape index (κ2) is 7.05. The third-order valence-corrected chi connectivity index (χ3v) is 4.32. The molecule has 1 aliphatic rings. The van der Waals surface area contributed by atoms with Crippen molar-refractivity contribution in [3.63, 3.8) is 0 Å². The molecular formula is C17H27N3O. The molecule has 0 aromatic heterocycles. The molecule has 4 heteroatoms. The molecule has 2 rings (SSSR count). The normalized spacial score (nSPS) is 22.3. The number of hydrogen-bond acceptors (Lipinski definition) is 3. The topological polar surface area (TPSA) is 35.6 Å². The van der Waals surface area contributed by atoms with Gasteiger partial charge in [0.25, 0.3) is 0 Å². The highest BCUT2D eigenvalue weighted by Gasteiger charge is 2.36. The quantitative estimate of drug-likeness (QED) is 0.871. The van der Waals surface area contributed by atoms with Gasteiger partial charge in [-0.1, -0.05) is 43.7 Å². The van der Waals surface area contributed by atoms with Crippen molar-refractivity contribution in [3.8, 4) is 0 Å². The van der Waals surface area contributed by atoms with Crippen molar-refractivity contribution in [2.75, 3.05) is 26.2 Å². The van der Waals surface area contributed by atoms with E-state index in [0.717, 1.165) is 31.7 Å². The van der Waals surface area contributed by atoms with Crippen molar-refractivity contribution in [3.05, 3.63) is 35.4 Å². The number of likely N-dealkylation sites (N-methyl/N-ethyl adjacent to an activating group) is 1. The molecular weight excluding hydrogens is 262 g/mol. The van der Waals surface area contributed by atoms with Crippen molar-refractivity contribution in [2.45, 2.75) is 39.9 Å². The molecule has 1 saturated heterocycles. The highest BCUT2D eigenvalue weighted by molar-refractivity contribution is 5.84. The lowest BCUT2D eigenvalue weighted by Gasteiger charge is -2.27. The van der Waals surface area contributed by atoms with E-state index in [0.29, 0.717) is 0 Å². The Hall–Kier alpha value is -1.39. The summed E-state index contributed by atoms with van der Waals surface area (Å²) >= 11 is 0. The van der Waals surface area contributed by atoms with Gasteiger partial charge in [-0.2, -0.15) is 0 Å². The molecule has 0 spiro atoms. The first-order chi connectivity index (χ1) is 10.1. The van der Waals surface area contributed by atoms with Gasteiger partial charge in [-0.3, -0.25) is 10.1 Å². The van der Waals surface area contributed by atoms with Crippen LogP contribution in [0.3, 0.4) is 0 Å². The van der Waals surface area contributed by atoms with Crippen molar-refractivity contribution in [1.29, 1.82) is 0 Å². The van der Waals surface area contributed by atoms with E-state index in [-0.39, 0.29) is 18.1 Å². The number of hydrogen-bond donors (Lipinski definition) is 1. The van der Waals surface area contributed by atoms with Crippen LogP contribution >= 0.6 is 0 Å². The number of aryl methyl sites for hydroxylation is 1. The van der Waals surface area contributed by atoms with Gasteiger partial charge in [0.05, 0.1) is 6.04 Å². The predicted octanol–water partition coefficient (Wildman–Crippen LogP) is 2.16. The average molecular weight is 289 g/mol. The van der Waals surface area contributed by atoms with E-state index in [4.69, 9.17) is 0 Å². The number of rotatable bonds is 6. The Morgan fingerprint density at radius 3 is 2.38 bits per heavy atom. The monoisotopic (exact) mass is 289 g/mol. The molecule has 0 bridgehead atoms. The lowest BCUT2D eigenvalue weighted by atomic mass is 10.1. The summed E-state index contributed by atoms with van der Waals surface area (Å²) in [5, 5.41) is 3.41. The summed E-state index contributed by atoms with van der Waals surface area (Å²) in [6.07, 6.45) is 0.00339. The zero-order valence-electron chi connectivity index (χ0n) is 13.6. The fourth-order valence-corrected chi connectivity index (χ4v) is 2.83. The maximum absolute atomic E-state index is 12.4. The minimum atomic E-state index is -0.104. The molecule has 1 N–H and O–H groups in total. The van der Waals surface area contributed by atoms with Gasteiger partial charge >= 0.3 is 0 Å². The predicted molar refractivity (Wildman–Crippen MR) is 86.0 cm³/mol. The molecule has 0 aliphatic carbocycles. The number of nitrogens with one attached hydrogen (secondary N) is 1. The molecule has 4 nitrogen and oxygen atoms in total. The van der Waals surface area contributed by atoms with E-state index in [2.05, 4.69) is 55.3 Å². The molecule has 1 aliphatic heterocycles. The summed E-state index contributed by atoms with van der Waals surface area (Å²) in [6.45, 7) is 12.1. The summed E-state index contributed by atoms with van der Waals surface area (Å²) in [6, 6.07) is 8.33. The van der Waals surface area contributed by atoms with Gasteiger partial charge in [-0.05, 0) is 32.5 Å². The summed E-state index contributed by atoms with van der Waals surface area (Å²) < 4.78 is 0. The highest BCUT2D eigenvalue weighted by Crippen LogP contribution is 2.25. The Bertz CT molecular complexity index is 467. The van der Waals surface area contributed by atoms with E-state index in [9.17, 15) is 4.79 Å². The lowest BCUT2D eigenvalue weighted by molar-refractivity contribution is -0.130. The third kappa shape index (κ3) is 3.63. The maximum atomic E-state index is 12.4. The molecule has 2 unspecified atom stereocenters. The Labute approximate surface area is 128 Å². The van der Waals surface area contributed by atoms with E-state index < -0.39 is 0 Å². The summed E-state index contributed by atoms with van der Waals surface area (Å²) in [5.74, 6) is 0.202. The van der Waals surface area contributed by atoms with Gasteiger partial charge in [0.1, 0.15) is 6.17 Å². The number of benzene rings is 1. The Balaban J connectivity index is 2.11. The Kier molecular flexibility index (Phi) is 5.37. The second-order valence-electron chi connectivity index (χ2n) is 5.76. The van der Waals surface area contributed by atoms with Crippen LogP contribution in [0.25, 0.3) is 0 Å². The molecule has 21 heavy (non-hydrogen) atoms. The minimum Gasteiger partial charge on any atom is -0.320 e. The largest absolute Gasteiger partial charge is 0.320 e. The average Bonchev–Trinajstić information content (AvgIpc) is 2.77.